The number of carbonyl (C=O) groups excluding carboxylic acids is 2. The van der Waals surface area contributed by atoms with Gasteiger partial charge in [0.15, 0.2) is 5.75 Å². The molecule has 0 unspecified atom stereocenters. The first-order valence-electron chi connectivity index (χ1n) is 6.63. The number of halogens is 3. The molecule has 0 heterocycles. The Morgan fingerprint density at radius 3 is 2.46 bits per heavy atom. The maximum Gasteiger partial charge on any atom is 0.308 e. The van der Waals surface area contributed by atoms with Crippen molar-refractivity contribution in [2.45, 2.75) is 6.92 Å². The van der Waals surface area contributed by atoms with E-state index in [2.05, 4.69) is 65.0 Å². The van der Waals surface area contributed by atoms with Crippen LogP contribution in [-0.4, -0.2) is 18.1 Å². The number of esters is 1. The van der Waals surface area contributed by atoms with Gasteiger partial charge in [-0.2, -0.15) is 5.10 Å². The van der Waals surface area contributed by atoms with Crippen LogP contribution in [0.3, 0.4) is 0 Å². The first-order chi connectivity index (χ1) is 11.4. The van der Waals surface area contributed by atoms with Crippen LogP contribution in [0.15, 0.2) is 50.4 Å². The molecule has 0 saturated carbocycles. The van der Waals surface area contributed by atoms with E-state index in [-0.39, 0.29) is 5.91 Å². The molecule has 0 atom stereocenters. The van der Waals surface area contributed by atoms with Gasteiger partial charge in [0.25, 0.3) is 5.91 Å². The van der Waals surface area contributed by atoms with Gasteiger partial charge in [-0.3, -0.25) is 9.59 Å². The van der Waals surface area contributed by atoms with Crippen molar-refractivity contribution >= 4 is 72.5 Å². The van der Waals surface area contributed by atoms with Gasteiger partial charge in [-0.25, -0.2) is 5.43 Å². The van der Waals surface area contributed by atoms with E-state index in [9.17, 15) is 9.59 Å². The Balaban J connectivity index is 2.09. The number of ether oxygens (including phenoxy) is 1. The lowest BCUT2D eigenvalue weighted by atomic mass is 10.2. The Bertz CT molecular complexity index is 802. The van der Waals surface area contributed by atoms with Gasteiger partial charge < -0.3 is 4.74 Å². The Morgan fingerprint density at radius 1 is 1.21 bits per heavy atom. The molecular formula is C16H11Br2IN2O3. The third-order valence-corrected chi connectivity index (χ3v) is 4.58. The van der Waals surface area contributed by atoms with Gasteiger partial charge in [-0.1, -0.05) is 6.07 Å². The third-order valence-electron chi connectivity index (χ3n) is 2.73. The lowest BCUT2D eigenvalue weighted by Gasteiger charge is -2.07. The van der Waals surface area contributed by atoms with Crippen LogP contribution in [-0.2, 0) is 4.79 Å². The van der Waals surface area contributed by atoms with Gasteiger partial charge >= 0.3 is 5.97 Å². The fourth-order valence-corrected chi connectivity index (χ4v) is 3.68. The lowest BCUT2D eigenvalue weighted by molar-refractivity contribution is -0.131. The molecule has 2 aromatic carbocycles. The fraction of sp³-hybridized carbons (Fsp3) is 0.0625. The van der Waals surface area contributed by atoms with E-state index in [0.717, 1.165) is 3.57 Å². The zero-order valence-corrected chi connectivity index (χ0v) is 17.7. The van der Waals surface area contributed by atoms with Crippen molar-refractivity contribution < 1.29 is 14.3 Å². The molecule has 0 aromatic heterocycles. The molecule has 0 aliphatic rings. The summed E-state index contributed by atoms with van der Waals surface area (Å²) in [6, 6.07) is 10.7. The number of amides is 1. The van der Waals surface area contributed by atoms with E-state index < -0.39 is 5.97 Å². The first kappa shape index (κ1) is 19.1. The molecule has 24 heavy (non-hydrogen) atoms. The minimum atomic E-state index is -0.414. The van der Waals surface area contributed by atoms with Crippen molar-refractivity contribution in [3.8, 4) is 5.75 Å². The minimum absolute atomic E-state index is 0.292. The van der Waals surface area contributed by atoms with Gasteiger partial charge in [-0.15, -0.1) is 0 Å². The van der Waals surface area contributed by atoms with Crippen LogP contribution < -0.4 is 10.2 Å². The van der Waals surface area contributed by atoms with E-state index in [1.165, 1.54) is 13.1 Å². The zero-order chi connectivity index (χ0) is 17.7. The van der Waals surface area contributed by atoms with Crippen LogP contribution >= 0.6 is 54.5 Å². The lowest BCUT2D eigenvalue weighted by Crippen LogP contribution is -2.17. The van der Waals surface area contributed by atoms with Gasteiger partial charge in [0.05, 0.1) is 15.2 Å². The second-order valence-corrected chi connectivity index (χ2v) is 7.57. The summed E-state index contributed by atoms with van der Waals surface area (Å²) in [4.78, 5) is 23.1. The fourth-order valence-electron chi connectivity index (χ4n) is 1.75. The molecule has 0 saturated heterocycles. The number of benzene rings is 2. The van der Waals surface area contributed by atoms with E-state index >= 15 is 0 Å². The summed E-state index contributed by atoms with van der Waals surface area (Å²) in [6.07, 6.45) is 1.50. The predicted octanol–water partition coefficient (Wildman–Crippen LogP) is 4.51. The van der Waals surface area contributed by atoms with Gasteiger partial charge in [-0.05, 0) is 90.3 Å². The summed E-state index contributed by atoms with van der Waals surface area (Å²) >= 11 is 8.81. The smallest absolute Gasteiger partial charge is 0.308 e. The summed E-state index contributed by atoms with van der Waals surface area (Å²) in [5, 5.41) is 3.94. The minimum Gasteiger partial charge on any atom is -0.424 e. The highest BCUT2D eigenvalue weighted by Crippen LogP contribution is 2.34. The van der Waals surface area contributed by atoms with Crippen molar-refractivity contribution in [1.29, 1.82) is 0 Å². The number of hydrazone groups is 1. The highest BCUT2D eigenvalue weighted by molar-refractivity contribution is 14.1. The summed E-state index contributed by atoms with van der Waals surface area (Å²) in [7, 11) is 0. The number of nitrogens with one attached hydrogen (secondary N) is 1. The van der Waals surface area contributed by atoms with Gasteiger partial charge in [0, 0.05) is 16.1 Å². The van der Waals surface area contributed by atoms with Crippen molar-refractivity contribution in [2.24, 2.45) is 5.10 Å². The average molecular weight is 566 g/mol. The standard InChI is InChI=1S/C16H11Br2IN2O3/c1-9(22)24-15-13(17)5-10(6-14(15)18)8-20-21-16(23)11-3-2-4-12(19)7-11/h2-8H,1H3,(H,21,23)/b20-8-. The van der Waals surface area contributed by atoms with Gasteiger partial charge in [0.1, 0.15) is 0 Å². The van der Waals surface area contributed by atoms with Crippen LogP contribution in [0.5, 0.6) is 5.75 Å². The molecule has 0 fully saturated rings. The van der Waals surface area contributed by atoms with E-state index in [4.69, 9.17) is 4.74 Å². The van der Waals surface area contributed by atoms with Crippen molar-refractivity contribution in [3.05, 3.63) is 60.0 Å². The monoisotopic (exact) mass is 564 g/mol. The second kappa shape index (κ2) is 8.72. The summed E-state index contributed by atoms with van der Waals surface area (Å²) in [5.74, 6) is -0.315. The predicted molar refractivity (Wildman–Crippen MR) is 107 cm³/mol. The number of nitrogens with zero attached hydrogens (tertiary/aromatic N) is 1. The van der Waals surface area contributed by atoms with Crippen LogP contribution in [0.1, 0.15) is 22.8 Å². The van der Waals surface area contributed by atoms with Crippen molar-refractivity contribution in [2.75, 3.05) is 0 Å². The number of rotatable bonds is 4. The Morgan fingerprint density at radius 2 is 1.88 bits per heavy atom. The molecule has 1 N–H and O–H groups in total. The average Bonchev–Trinajstić information content (AvgIpc) is 2.50. The van der Waals surface area contributed by atoms with Crippen molar-refractivity contribution in [3.63, 3.8) is 0 Å². The molecule has 0 radical (unpaired) electrons. The largest absolute Gasteiger partial charge is 0.424 e. The Labute approximate surface area is 169 Å². The maximum atomic E-state index is 12.0. The zero-order valence-electron chi connectivity index (χ0n) is 12.3. The molecule has 0 bridgehead atoms. The van der Waals surface area contributed by atoms with Gasteiger partial charge in [0.2, 0.25) is 0 Å². The van der Waals surface area contributed by atoms with Crippen LogP contribution in [0, 0.1) is 3.57 Å². The Kier molecular flexibility index (Phi) is 6.93. The topological polar surface area (TPSA) is 67.8 Å². The van der Waals surface area contributed by atoms with E-state index in [1.54, 1.807) is 24.3 Å². The first-order valence-corrected chi connectivity index (χ1v) is 9.29. The highest BCUT2D eigenvalue weighted by atomic mass is 127. The Hall–Kier alpha value is -1.26. The maximum absolute atomic E-state index is 12.0. The molecule has 1 amide bonds. The number of hydrogen-bond acceptors (Lipinski definition) is 4. The molecule has 5 nitrogen and oxygen atoms in total. The summed E-state index contributed by atoms with van der Waals surface area (Å²) in [6.45, 7) is 1.33. The summed E-state index contributed by atoms with van der Waals surface area (Å²) < 4.78 is 7.26. The van der Waals surface area contributed by atoms with Crippen molar-refractivity contribution in [1.82, 2.24) is 5.43 Å². The third kappa shape index (κ3) is 5.38. The second-order valence-electron chi connectivity index (χ2n) is 4.62. The van der Waals surface area contributed by atoms with E-state index in [1.807, 2.05) is 12.1 Å². The molecule has 0 aliphatic heterocycles. The van der Waals surface area contributed by atoms with Crippen LogP contribution in [0.25, 0.3) is 0 Å². The summed E-state index contributed by atoms with van der Waals surface area (Å²) in [5.41, 5.74) is 3.72. The van der Waals surface area contributed by atoms with Crippen LogP contribution in [0.2, 0.25) is 0 Å². The molecular weight excluding hydrogens is 555 g/mol. The van der Waals surface area contributed by atoms with E-state index in [0.29, 0.717) is 25.8 Å². The quantitative estimate of drug-likeness (QED) is 0.195. The molecule has 2 rings (SSSR count). The highest BCUT2D eigenvalue weighted by Gasteiger charge is 2.10. The molecule has 0 aliphatic carbocycles. The number of hydrogen-bond donors (Lipinski definition) is 1. The molecule has 0 spiro atoms. The van der Waals surface area contributed by atoms with Crippen LogP contribution in [0.4, 0.5) is 0 Å². The SMILES string of the molecule is CC(=O)Oc1c(Br)cc(/C=N\NC(=O)c2cccc(I)c2)cc1Br. The molecule has 124 valence electrons. The number of carbonyl (C=O) groups is 2. The molecule has 8 heteroatoms. The normalized spacial score (nSPS) is 10.7. The molecule has 2 aromatic rings.